The zero-order valence-electron chi connectivity index (χ0n) is 15.5. The molecule has 144 valence electrons. The molecule has 6 heteroatoms. The largest absolute Gasteiger partial charge is 0.494 e. The maximum atomic E-state index is 12.8. The summed E-state index contributed by atoms with van der Waals surface area (Å²) in [6, 6.07) is 12.9. The summed E-state index contributed by atoms with van der Waals surface area (Å²) in [6.07, 6.45) is 3.79. The van der Waals surface area contributed by atoms with E-state index in [-0.39, 0.29) is 5.82 Å². The number of benzene rings is 2. The molecule has 0 atom stereocenters. The summed E-state index contributed by atoms with van der Waals surface area (Å²) in [6.45, 7) is 3.09. The monoisotopic (exact) mass is 372 g/mol. The van der Waals surface area contributed by atoms with Crippen molar-refractivity contribution in [1.82, 2.24) is 5.32 Å². The predicted molar refractivity (Wildman–Crippen MR) is 103 cm³/mol. The van der Waals surface area contributed by atoms with Crippen molar-refractivity contribution in [2.24, 2.45) is 0 Å². The van der Waals surface area contributed by atoms with Crippen LogP contribution in [0, 0.1) is 5.82 Å². The summed E-state index contributed by atoms with van der Waals surface area (Å²) in [5.41, 5.74) is 1.40. The minimum Gasteiger partial charge on any atom is -0.494 e. The smallest absolute Gasteiger partial charge is 0.313 e. The molecule has 27 heavy (non-hydrogen) atoms. The molecule has 5 nitrogen and oxygen atoms in total. The molecule has 0 aliphatic rings. The molecule has 0 fully saturated rings. The van der Waals surface area contributed by atoms with Crippen LogP contribution in [-0.4, -0.2) is 25.0 Å². The van der Waals surface area contributed by atoms with Gasteiger partial charge in [0.2, 0.25) is 0 Å². The Kier molecular flexibility index (Phi) is 8.29. The summed E-state index contributed by atoms with van der Waals surface area (Å²) in [5, 5.41) is 5.09. The minimum atomic E-state index is -0.731. The van der Waals surface area contributed by atoms with E-state index in [0.29, 0.717) is 25.3 Å². The van der Waals surface area contributed by atoms with E-state index in [2.05, 4.69) is 17.6 Å². The number of hydrogen-bond donors (Lipinski definition) is 2. The number of anilines is 1. The first-order valence-corrected chi connectivity index (χ1v) is 9.15. The van der Waals surface area contributed by atoms with E-state index >= 15 is 0 Å². The number of nitrogens with one attached hydrogen (secondary N) is 2. The highest BCUT2D eigenvalue weighted by molar-refractivity contribution is 6.39. The van der Waals surface area contributed by atoms with E-state index in [9.17, 15) is 14.0 Å². The van der Waals surface area contributed by atoms with Crippen LogP contribution in [0.2, 0.25) is 0 Å². The molecule has 0 saturated heterocycles. The molecule has 0 saturated carbocycles. The fourth-order valence-corrected chi connectivity index (χ4v) is 2.42. The van der Waals surface area contributed by atoms with E-state index in [0.717, 1.165) is 30.6 Å². The lowest BCUT2D eigenvalue weighted by Gasteiger charge is -2.09. The number of carbonyl (C=O) groups is 2. The number of rotatable bonds is 9. The van der Waals surface area contributed by atoms with Crippen molar-refractivity contribution in [1.29, 1.82) is 0 Å². The SMILES string of the molecule is CCCCCOc1ccc(NC(=O)C(=O)NCCc2ccc(F)cc2)cc1. The van der Waals surface area contributed by atoms with E-state index < -0.39 is 11.8 Å². The highest BCUT2D eigenvalue weighted by Crippen LogP contribution is 2.16. The van der Waals surface area contributed by atoms with E-state index in [4.69, 9.17) is 4.74 Å². The van der Waals surface area contributed by atoms with Gasteiger partial charge < -0.3 is 15.4 Å². The molecular formula is C21H25FN2O3. The number of carbonyl (C=O) groups excluding carboxylic acids is 2. The van der Waals surface area contributed by atoms with Gasteiger partial charge in [0.05, 0.1) is 6.61 Å². The topological polar surface area (TPSA) is 67.4 Å². The molecular weight excluding hydrogens is 347 g/mol. The van der Waals surface area contributed by atoms with Gasteiger partial charge in [-0.05, 0) is 54.8 Å². The number of unbranched alkanes of at least 4 members (excludes halogenated alkanes) is 2. The summed E-state index contributed by atoms with van der Waals surface area (Å²) in [7, 11) is 0. The van der Waals surface area contributed by atoms with Crippen molar-refractivity contribution in [3.63, 3.8) is 0 Å². The Balaban J connectivity index is 1.71. The molecule has 0 spiro atoms. The fourth-order valence-electron chi connectivity index (χ4n) is 2.42. The van der Waals surface area contributed by atoms with Gasteiger partial charge >= 0.3 is 11.8 Å². The van der Waals surface area contributed by atoms with Gasteiger partial charge in [0.1, 0.15) is 11.6 Å². The predicted octanol–water partition coefficient (Wildman–Crippen LogP) is 3.69. The first kappa shape index (κ1) is 20.4. The van der Waals surface area contributed by atoms with Gasteiger partial charge in [0.25, 0.3) is 0 Å². The number of ether oxygens (including phenoxy) is 1. The molecule has 2 amide bonds. The highest BCUT2D eigenvalue weighted by Gasteiger charge is 2.13. The number of halogens is 1. The van der Waals surface area contributed by atoms with Crippen molar-refractivity contribution in [2.45, 2.75) is 32.6 Å². The van der Waals surface area contributed by atoms with Crippen molar-refractivity contribution >= 4 is 17.5 Å². The fraction of sp³-hybridized carbons (Fsp3) is 0.333. The summed E-state index contributed by atoms with van der Waals surface area (Å²) in [5.74, 6) is -1.02. The van der Waals surface area contributed by atoms with Crippen LogP contribution in [0.4, 0.5) is 10.1 Å². The Labute approximate surface area is 158 Å². The van der Waals surface area contributed by atoms with Crippen LogP contribution < -0.4 is 15.4 Å². The maximum absolute atomic E-state index is 12.8. The molecule has 0 unspecified atom stereocenters. The summed E-state index contributed by atoms with van der Waals surface area (Å²) >= 11 is 0. The van der Waals surface area contributed by atoms with E-state index in [1.165, 1.54) is 12.1 Å². The number of hydrogen-bond acceptors (Lipinski definition) is 3. The highest BCUT2D eigenvalue weighted by atomic mass is 19.1. The molecule has 2 rings (SSSR count). The maximum Gasteiger partial charge on any atom is 0.313 e. The van der Waals surface area contributed by atoms with E-state index in [1.54, 1.807) is 36.4 Å². The molecule has 0 radical (unpaired) electrons. The van der Waals surface area contributed by atoms with Crippen molar-refractivity contribution in [3.8, 4) is 5.75 Å². The Morgan fingerprint density at radius 2 is 1.67 bits per heavy atom. The average Bonchev–Trinajstić information content (AvgIpc) is 2.68. The Hall–Kier alpha value is -2.89. The number of amides is 2. The standard InChI is InChI=1S/C21H25FN2O3/c1-2-3-4-15-27-19-11-9-18(10-12-19)24-21(26)20(25)23-14-13-16-5-7-17(22)8-6-16/h5-12H,2-4,13-15H2,1H3,(H,23,25)(H,24,26). The Bertz CT molecular complexity index is 730. The average molecular weight is 372 g/mol. The third-order valence-corrected chi connectivity index (χ3v) is 3.95. The zero-order chi connectivity index (χ0) is 19.5. The van der Waals surface area contributed by atoms with Gasteiger partial charge in [-0.1, -0.05) is 31.9 Å². The van der Waals surface area contributed by atoms with Crippen LogP contribution in [0.3, 0.4) is 0 Å². The van der Waals surface area contributed by atoms with Crippen LogP contribution in [-0.2, 0) is 16.0 Å². The molecule has 0 aromatic heterocycles. The van der Waals surface area contributed by atoms with Gasteiger partial charge in [0.15, 0.2) is 0 Å². The molecule has 0 aliphatic heterocycles. The van der Waals surface area contributed by atoms with E-state index in [1.807, 2.05) is 0 Å². The minimum absolute atomic E-state index is 0.294. The lowest BCUT2D eigenvalue weighted by molar-refractivity contribution is -0.136. The van der Waals surface area contributed by atoms with Gasteiger partial charge in [-0.3, -0.25) is 9.59 Å². The Morgan fingerprint density at radius 1 is 0.963 bits per heavy atom. The van der Waals surface area contributed by atoms with Crippen LogP contribution in [0.1, 0.15) is 31.7 Å². The lowest BCUT2D eigenvalue weighted by Crippen LogP contribution is -2.36. The molecule has 2 aromatic carbocycles. The molecule has 0 heterocycles. The zero-order valence-corrected chi connectivity index (χ0v) is 15.5. The first-order chi connectivity index (χ1) is 13.1. The van der Waals surface area contributed by atoms with Crippen molar-refractivity contribution in [3.05, 3.63) is 59.9 Å². The Morgan fingerprint density at radius 3 is 2.33 bits per heavy atom. The van der Waals surface area contributed by atoms with Gasteiger partial charge in [0, 0.05) is 12.2 Å². The third-order valence-electron chi connectivity index (χ3n) is 3.95. The second-order valence-electron chi connectivity index (χ2n) is 6.17. The van der Waals surface area contributed by atoms with Crippen LogP contribution >= 0.6 is 0 Å². The van der Waals surface area contributed by atoms with Crippen LogP contribution in [0.5, 0.6) is 5.75 Å². The summed E-state index contributed by atoms with van der Waals surface area (Å²) in [4.78, 5) is 23.8. The molecule has 0 bridgehead atoms. The van der Waals surface area contributed by atoms with Gasteiger partial charge in [-0.25, -0.2) is 4.39 Å². The summed E-state index contributed by atoms with van der Waals surface area (Å²) < 4.78 is 18.4. The lowest BCUT2D eigenvalue weighted by atomic mass is 10.1. The third kappa shape index (κ3) is 7.48. The van der Waals surface area contributed by atoms with Crippen molar-refractivity contribution < 1.29 is 18.7 Å². The first-order valence-electron chi connectivity index (χ1n) is 9.15. The quantitative estimate of drug-likeness (QED) is 0.521. The molecule has 2 aromatic rings. The molecule has 2 N–H and O–H groups in total. The van der Waals surface area contributed by atoms with Gasteiger partial charge in [-0.15, -0.1) is 0 Å². The van der Waals surface area contributed by atoms with Crippen LogP contribution in [0.25, 0.3) is 0 Å². The second-order valence-corrected chi connectivity index (χ2v) is 6.17. The molecule has 0 aliphatic carbocycles. The van der Waals surface area contributed by atoms with Crippen molar-refractivity contribution in [2.75, 3.05) is 18.5 Å². The van der Waals surface area contributed by atoms with Crippen LogP contribution in [0.15, 0.2) is 48.5 Å². The van der Waals surface area contributed by atoms with Gasteiger partial charge in [-0.2, -0.15) is 0 Å². The normalized spacial score (nSPS) is 10.3. The second kappa shape index (κ2) is 11.0.